The van der Waals surface area contributed by atoms with Crippen LogP contribution in [-0.2, 0) is 11.2 Å². The molecular formula is C27H30N4O3S. The second-order valence-electron chi connectivity index (χ2n) is 8.56. The molecule has 0 aliphatic heterocycles. The van der Waals surface area contributed by atoms with Gasteiger partial charge < -0.3 is 25.3 Å². The van der Waals surface area contributed by atoms with Crippen LogP contribution in [-0.4, -0.2) is 55.5 Å². The highest BCUT2D eigenvalue weighted by atomic mass is 32.1. The van der Waals surface area contributed by atoms with E-state index in [1.165, 1.54) is 11.3 Å². The fourth-order valence-electron chi connectivity index (χ4n) is 4.11. The lowest BCUT2D eigenvalue weighted by Crippen LogP contribution is -2.49. The average molecular weight is 491 g/mol. The molecule has 0 aliphatic rings. The number of nitrogens with zero attached hydrogens (tertiary/aromatic N) is 1. The van der Waals surface area contributed by atoms with Crippen molar-refractivity contribution in [2.24, 2.45) is 0 Å². The maximum Gasteiger partial charge on any atom is 0.262 e. The second kappa shape index (κ2) is 11.2. The van der Waals surface area contributed by atoms with Gasteiger partial charge in [-0.3, -0.25) is 9.59 Å². The van der Waals surface area contributed by atoms with Gasteiger partial charge in [0.1, 0.15) is 11.8 Å². The fraction of sp³-hybridized carbons (Fsp3) is 0.259. The number of hydrogen-bond acceptors (Lipinski definition) is 5. The molecule has 7 nitrogen and oxygen atoms in total. The van der Waals surface area contributed by atoms with Gasteiger partial charge in [-0.1, -0.05) is 36.4 Å². The Kier molecular flexibility index (Phi) is 7.84. The number of benzene rings is 2. The fourth-order valence-corrected chi connectivity index (χ4v) is 4.74. The molecule has 2 aromatic carbocycles. The maximum absolute atomic E-state index is 13.4. The van der Waals surface area contributed by atoms with Crippen molar-refractivity contribution in [1.82, 2.24) is 20.5 Å². The summed E-state index contributed by atoms with van der Waals surface area (Å²) in [6, 6.07) is 18.6. The van der Waals surface area contributed by atoms with Crippen LogP contribution >= 0.6 is 11.3 Å². The zero-order chi connectivity index (χ0) is 24.8. The Morgan fingerprint density at radius 2 is 1.83 bits per heavy atom. The zero-order valence-electron chi connectivity index (χ0n) is 20.1. The van der Waals surface area contributed by atoms with Crippen LogP contribution in [0.5, 0.6) is 5.75 Å². The van der Waals surface area contributed by atoms with E-state index < -0.39 is 6.04 Å². The first-order valence-electron chi connectivity index (χ1n) is 11.4. The molecule has 2 aromatic heterocycles. The Balaban J connectivity index is 1.51. The van der Waals surface area contributed by atoms with Crippen molar-refractivity contribution >= 4 is 34.1 Å². The number of nitrogens with one attached hydrogen (secondary N) is 3. The third-order valence-corrected chi connectivity index (χ3v) is 6.93. The summed E-state index contributed by atoms with van der Waals surface area (Å²) in [4.78, 5) is 32.1. The lowest BCUT2D eigenvalue weighted by atomic mass is 10.0. The number of H-pyrrole nitrogens is 1. The van der Waals surface area contributed by atoms with Crippen molar-refractivity contribution in [3.05, 3.63) is 88.2 Å². The van der Waals surface area contributed by atoms with E-state index in [-0.39, 0.29) is 17.9 Å². The molecule has 0 spiro atoms. The molecule has 4 rings (SSSR count). The molecule has 35 heavy (non-hydrogen) atoms. The molecule has 2 heterocycles. The molecule has 0 radical (unpaired) electrons. The van der Waals surface area contributed by atoms with Crippen molar-refractivity contribution in [1.29, 1.82) is 0 Å². The minimum absolute atomic E-state index is 0.0356. The van der Waals surface area contributed by atoms with Crippen LogP contribution in [0.2, 0.25) is 0 Å². The average Bonchev–Trinajstić information content (AvgIpc) is 3.55. The van der Waals surface area contributed by atoms with Crippen molar-refractivity contribution in [3.63, 3.8) is 0 Å². The van der Waals surface area contributed by atoms with E-state index >= 15 is 0 Å². The van der Waals surface area contributed by atoms with Gasteiger partial charge in [0.05, 0.1) is 18.0 Å². The summed E-state index contributed by atoms with van der Waals surface area (Å²) < 4.78 is 5.26. The molecule has 0 aliphatic carbocycles. The predicted octanol–water partition coefficient (Wildman–Crippen LogP) is 4.00. The monoisotopic (exact) mass is 490 g/mol. The molecule has 2 amide bonds. The standard InChI is InChI=1S/C27H30N4O3S/c1-31(2)24(18-10-12-20(34-3)13-11-18)17-29-26(32)23(30-27(33)25-9-6-14-35-25)15-19-16-28-22-8-5-4-7-21(19)22/h4-14,16,23-24,28H,15,17H2,1-3H3,(H,29,32)(H,30,33). The van der Waals surface area contributed by atoms with Crippen molar-refractivity contribution < 1.29 is 14.3 Å². The Morgan fingerprint density at radius 1 is 1.06 bits per heavy atom. The minimum Gasteiger partial charge on any atom is -0.497 e. The zero-order valence-corrected chi connectivity index (χ0v) is 20.9. The largest absolute Gasteiger partial charge is 0.497 e. The van der Waals surface area contributed by atoms with E-state index in [0.717, 1.165) is 27.8 Å². The SMILES string of the molecule is COc1ccc(C(CNC(=O)C(Cc2c[nH]c3ccccc23)NC(=O)c2cccs2)N(C)C)cc1. The number of hydrogen-bond donors (Lipinski definition) is 3. The van der Waals surface area contributed by atoms with Gasteiger partial charge >= 0.3 is 0 Å². The number of fused-ring (bicyclic) bond motifs is 1. The summed E-state index contributed by atoms with van der Waals surface area (Å²) in [7, 11) is 5.59. The van der Waals surface area contributed by atoms with Crippen LogP contribution in [0.4, 0.5) is 0 Å². The van der Waals surface area contributed by atoms with Gasteiger partial charge in [0.25, 0.3) is 5.91 Å². The van der Waals surface area contributed by atoms with E-state index in [4.69, 9.17) is 4.74 Å². The topological polar surface area (TPSA) is 86.5 Å². The number of rotatable bonds is 10. The summed E-state index contributed by atoms with van der Waals surface area (Å²) in [5, 5.41) is 8.90. The van der Waals surface area contributed by atoms with Crippen molar-refractivity contribution in [2.45, 2.75) is 18.5 Å². The Morgan fingerprint density at radius 3 is 2.51 bits per heavy atom. The maximum atomic E-state index is 13.4. The smallest absolute Gasteiger partial charge is 0.262 e. The molecule has 0 saturated carbocycles. The van der Waals surface area contributed by atoms with Gasteiger partial charge in [-0.05, 0) is 54.9 Å². The lowest BCUT2D eigenvalue weighted by Gasteiger charge is -2.26. The highest BCUT2D eigenvalue weighted by Crippen LogP contribution is 2.22. The summed E-state index contributed by atoms with van der Waals surface area (Å²) in [6.07, 6.45) is 2.28. The lowest BCUT2D eigenvalue weighted by molar-refractivity contribution is -0.123. The number of carbonyl (C=O) groups is 2. The summed E-state index contributed by atoms with van der Waals surface area (Å²) in [6.45, 7) is 0.400. The van der Waals surface area contributed by atoms with Crippen LogP contribution in [0, 0.1) is 0 Å². The highest BCUT2D eigenvalue weighted by molar-refractivity contribution is 7.12. The van der Waals surface area contributed by atoms with Gasteiger partial charge in [0, 0.05) is 30.1 Å². The molecule has 8 heteroatoms. The van der Waals surface area contributed by atoms with E-state index in [1.807, 2.05) is 80.3 Å². The third-order valence-electron chi connectivity index (χ3n) is 6.06. The molecule has 0 bridgehead atoms. The van der Waals surface area contributed by atoms with Gasteiger partial charge in [-0.2, -0.15) is 0 Å². The first-order valence-corrected chi connectivity index (χ1v) is 12.3. The van der Waals surface area contributed by atoms with Crippen molar-refractivity contribution in [2.75, 3.05) is 27.7 Å². The minimum atomic E-state index is -0.720. The van der Waals surface area contributed by atoms with E-state index in [2.05, 4.69) is 20.5 Å². The van der Waals surface area contributed by atoms with E-state index in [1.54, 1.807) is 13.2 Å². The van der Waals surface area contributed by atoms with E-state index in [9.17, 15) is 9.59 Å². The summed E-state index contributed by atoms with van der Waals surface area (Å²) in [5.74, 6) is 0.310. The molecule has 0 fully saturated rings. The van der Waals surface area contributed by atoms with Crippen LogP contribution in [0.1, 0.15) is 26.8 Å². The van der Waals surface area contributed by atoms with Crippen molar-refractivity contribution in [3.8, 4) is 5.75 Å². The quantitative estimate of drug-likeness (QED) is 0.314. The van der Waals surface area contributed by atoms with Gasteiger partial charge in [-0.15, -0.1) is 11.3 Å². The number of ether oxygens (including phenoxy) is 1. The number of aromatic amines is 1. The Bertz CT molecular complexity index is 1270. The number of carbonyl (C=O) groups excluding carboxylic acids is 2. The normalized spacial score (nSPS) is 12.9. The summed E-state index contributed by atoms with van der Waals surface area (Å²) >= 11 is 1.35. The number of amides is 2. The summed E-state index contributed by atoms with van der Waals surface area (Å²) in [5.41, 5.74) is 3.04. The highest BCUT2D eigenvalue weighted by Gasteiger charge is 2.25. The Hall–Kier alpha value is -3.62. The molecule has 2 unspecified atom stereocenters. The van der Waals surface area contributed by atoms with E-state index in [0.29, 0.717) is 17.8 Å². The number of aromatic nitrogens is 1. The molecule has 182 valence electrons. The Labute approximate surface area is 209 Å². The second-order valence-corrected chi connectivity index (χ2v) is 9.51. The number of para-hydroxylation sites is 1. The molecular weight excluding hydrogens is 460 g/mol. The van der Waals surface area contributed by atoms with Gasteiger partial charge in [0.2, 0.25) is 5.91 Å². The first-order chi connectivity index (χ1) is 17.0. The van der Waals surface area contributed by atoms with Gasteiger partial charge in [0.15, 0.2) is 0 Å². The van der Waals surface area contributed by atoms with Gasteiger partial charge in [-0.25, -0.2) is 0 Å². The number of likely N-dealkylation sites (N-methyl/N-ethyl adjacent to an activating group) is 1. The molecule has 3 N–H and O–H groups in total. The molecule has 2 atom stereocenters. The molecule has 4 aromatic rings. The van der Waals surface area contributed by atoms with Crippen LogP contribution in [0.3, 0.4) is 0 Å². The molecule has 0 saturated heterocycles. The predicted molar refractivity (Wildman–Crippen MR) is 140 cm³/mol. The number of methoxy groups -OCH3 is 1. The third kappa shape index (κ3) is 5.90. The van der Waals surface area contributed by atoms with Crippen LogP contribution in [0.25, 0.3) is 10.9 Å². The van der Waals surface area contributed by atoms with Crippen LogP contribution in [0.15, 0.2) is 72.2 Å². The van der Waals surface area contributed by atoms with Crippen LogP contribution < -0.4 is 15.4 Å². The first kappa shape index (κ1) is 24.5. The number of thiophene rings is 1.